The van der Waals surface area contributed by atoms with E-state index in [0.29, 0.717) is 10.6 Å². The second-order valence-electron chi connectivity index (χ2n) is 6.67. The second kappa shape index (κ2) is 11.0. The molecule has 9 heteroatoms. The molecule has 2 aromatic rings. The number of benzene rings is 2. The average molecular weight is 426 g/mol. The van der Waals surface area contributed by atoms with Crippen molar-refractivity contribution in [3.63, 3.8) is 0 Å². The quantitative estimate of drug-likeness (QED) is 0.789. The number of nitrogens with two attached hydrogens (primary N) is 1. The maximum absolute atomic E-state index is 12.5. The fourth-order valence-corrected chi connectivity index (χ4v) is 3.42. The minimum Gasteiger partial charge on any atom is -0.494 e. The molecule has 0 bridgehead atoms. The van der Waals surface area contributed by atoms with E-state index in [1.807, 2.05) is 7.05 Å². The maximum Gasteiger partial charge on any atom is 0.228 e. The molecular formula is C20H25F2N3O3S. The predicted molar refractivity (Wildman–Crippen MR) is 109 cm³/mol. The van der Waals surface area contributed by atoms with Gasteiger partial charge >= 0.3 is 0 Å². The van der Waals surface area contributed by atoms with E-state index in [2.05, 4.69) is 15.0 Å². The number of methoxy groups -OCH3 is 1. The van der Waals surface area contributed by atoms with E-state index in [1.165, 1.54) is 19.2 Å². The molecule has 1 amide bonds. The highest BCUT2D eigenvalue weighted by Crippen LogP contribution is 2.19. The van der Waals surface area contributed by atoms with Crippen molar-refractivity contribution in [2.24, 2.45) is 11.1 Å². The summed E-state index contributed by atoms with van der Waals surface area (Å²) in [5, 5.41) is 8.20. The molecule has 0 spiro atoms. The predicted octanol–water partition coefficient (Wildman–Crippen LogP) is 2.92. The number of rotatable bonds is 4. The van der Waals surface area contributed by atoms with Gasteiger partial charge in [-0.15, -0.1) is 0 Å². The zero-order valence-corrected chi connectivity index (χ0v) is 17.2. The van der Waals surface area contributed by atoms with Gasteiger partial charge in [0.2, 0.25) is 11.7 Å². The zero-order chi connectivity index (χ0) is 21.4. The van der Waals surface area contributed by atoms with E-state index >= 15 is 0 Å². The van der Waals surface area contributed by atoms with Crippen LogP contribution in [0.4, 0.5) is 14.5 Å². The van der Waals surface area contributed by atoms with E-state index in [9.17, 15) is 17.8 Å². The van der Waals surface area contributed by atoms with Crippen molar-refractivity contribution >= 4 is 22.6 Å². The van der Waals surface area contributed by atoms with Crippen LogP contribution in [0.25, 0.3) is 0 Å². The molecule has 1 fully saturated rings. The van der Waals surface area contributed by atoms with Gasteiger partial charge in [0.1, 0.15) is 11.0 Å². The molecule has 3 rings (SSSR count). The van der Waals surface area contributed by atoms with Crippen molar-refractivity contribution in [1.82, 2.24) is 4.90 Å². The molecule has 2 atom stereocenters. The molecule has 1 aliphatic rings. The molecule has 1 heterocycles. The van der Waals surface area contributed by atoms with Gasteiger partial charge in [0, 0.05) is 12.2 Å². The number of nitrogens with one attached hydrogen (secondary N) is 1. The summed E-state index contributed by atoms with van der Waals surface area (Å²) in [6, 6.07) is 10.6. The van der Waals surface area contributed by atoms with E-state index in [1.54, 1.807) is 24.3 Å². The zero-order valence-electron chi connectivity index (χ0n) is 16.4. The molecule has 6 nitrogen and oxygen atoms in total. The number of nitrogens with zero attached hydrogens (tertiary/aromatic N) is 1. The van der Waals surface area contributed by atoms with Crippen molar-refractivity contribution < 1.29 is 22.5 Å². The summed E-state index contributed by atoms with van der Waals surface area (Å²) in [5.74, 6) is -1.86. The Bertz CT molecular complexity index is 867. The first-order chi connectivity index (χ1) is 13.8. The van der Waals surface area contributed by atoms with Crippen molar-refractivity contribution in [3.8, 4) is 5.75 Å². The number of carbonyl (C=O) groups is 1. The Morgan fingerprint density at radius 2 is 2.00 bits per heavy atom. The van der Waals surface area contributed by atoms with Crippen LogP contribution in [0.2, 0.25) is 0 Å². The largest absolute Gasteiger partial charge is 0.494 e. The summed E-state index contributed by atoms with van der Waals surface area (Å²) < 4.78 is 40.5. The summed E-state index contributed by atoms with van der Waals surface area (Å²) in [4.78, 5) is 14.8. The number of piperidine rings is 1. The Morgan fingerprint density at radius 1 is 1.28 bits per heavy atom. The van der Waals surface area contributed by atoms with Crippen LogP contribution in [-0.4, -0.2) is 42.3 Å². The van der Waals surface area contributed by atoms with Gasteiger partial charge in [-0.3, -0.25) is 4.79 Å². The molecule has 0 aromatic heterocycles. The third-order valence-electron chi connectivity index (χ3n) is 4.47. The molecule has 0 saturated carbocycles. The number of halogens is 2. The van der Waals surface area contributed by atoms with Gasteiger partial charge < -0.3 is 15.0 Å². The van der Waals surface area contributed by atoms with Gasteiger partial charge in [-0.1, -0.05) is 12.1 Å². The molecule has 1 aliphatic heterocycles. The van der Waals surface area contributed by atoms with Crippen molar-refractivity contribution in [1.29, 1.82) is 0 Å². The number of likely N-dealkylation sites (tertiary alicyclic amines) is 1. The molecule has 2 unspecified atom stereocenters. The maximum atomic E-state index is 12.5. The van der Waals surface area contributed by atoms with Gasteiger partial charge in [-0.25, -0.2) is 13.7 Å². The van der Waals surface area contributed by atoms with Crippen molar-refractivity contribution in [2.75, 3.05) is 32.6 Å². The normalized spacial score (nSPS) is 17.6. The number of hydrogen-bond acceptors (Lipinski definition) is 4. The van der Waals surface area contributed by atoms with Crippen LogP contribution in [-0.2, 0) is 15.8 Å². The van der Waals surface area contributed by atoms with E-state index in [4.69, 9.17) is 5.14 Å². The SMILES string of the molecule is CN1CCCC(C(=O)Nc2cccc(S(N)=O)c2)C1.COc1cccc(F)c1F. The van der Waals surface area contributed by atoms with Crippen LogP contribution >= 0.6 is 0 Å². The van der Waals surface area contributed by atoms with Gasteiger partial charge in [0.15, 0.2) is 11.6 Å². The van der Waals surface area contributed by atoms with Gasteiger partial charge in [0.05, 0.1) is 17.9 Å². The lowest BCUT2D eigenvalue weighted by Crippen LogP contribution is -2.38. The number of ether oxygens (including phenoxy) is 1. The molecule has 158 valence electrons. The smallest absolute Gasteiger partial charge is 0.228 e. The minimum atomic E-state index is -1.52. The number of hydrogen-bond donors (Lipinski definition) is 2. The lowest BCUT2D eigenvalue weighted by Gasteiger charge is -2.28. The molecule has 0 radical (unpaired) electrons. The Labute approximate surface area is 171 Å². The fraction of sp³-hybridized carbons (Fsp3) is 0.350. The number of anilines is 1. The standard InChI is InChI=1S/C13H19N3O2S.C7H6F2O/c1-16-7-3-4-10(9-16)13(17)15-11-5-2-6-12(8-11)19(14)18;1-10-6-4-2-3-5(8)7(6)9/h2,5-6,8,10H,3-4,7,9,14H2,1H3,(H,15,17);2-4H,1H3. The van der Waals surface area contributed by atoms with Gasteiger partial charge in [-0.05, 0) is 56.8 Å². The van der Waals surface area contributed by atoms with Crippen LogP contribution in [0.5, 0.6) is 5.75 Å². The first-order valence-electron chi connectivity index (χ1n) is 9.05. The molecule has 0 aliphatic carbocycles. The van der Waals surface area contributed by atoms with E-state index in [0.717, 1.165) is 32.0 Å². The van der Waals surface area contributed by atoms with Gasteiger partial charge in [-0.2, -0.15) is 4.39 Å². The monoisotopic (exact) mass is 425 g/mol. The summed E-state index contributed by atoms with van der Waals surface area (Å²) in [6.45, 7) is 1.83. The van der Waals surface area contributed by atoms with Crippen LogP contribution in [0.15, 0.2) is 47.4 Å². The lowest BCUT2D eigenvalue weighted by molar-refractivity contribution is -0.121. The summed E-state index contributed by atoms with van der Waals surface area (Å²) in [5.41, 5.74) is 0.648. The Balaban J connectivity index is 0.000000253. The van der Waals surface area contributed by atoms with Crippen LogP contribution < -0.4 is 15.2 Å². The highest BCUT2D eigenvalue weighted by Gasteiger charge is 2.23. The third kappa shape index (κ3) is 6.88. The lowest BCUT2D eigenvalue weighted by atomic mass is 9.97. The van der Waals surface area contributed by atoms with E-state index in [-0.39, 0.29) is 17.6 Å². The molecule has 3 N–H and O–H groups in total. The summed E-state index contributed by atoms with van der Waals surface area (Å²) >= 11 is 0. The third-order valence-corrected chi connectivity index (χ3v) is 5.18. The second-order valence-corrected chi connectivity index (χ2v) is 7.74. The Hall–Kier alpha value is -2.36. The molecule has 2 aromatic carbocycles. The van der Waals surface area contributed by atoms with Crippen molar-refractivity contribution in [3.05, 3.63) is 54.1 Å². The highest BCUT2D eigenvalue weighted by molar-refractivity contribution is 7.82. The number of carbonyl (C=O) groups excluding carboxylic acids is 1. The van der Waals surface area contributed by atoms with E-state index < -0.39 is 22.6 Å². The van der Waals surface area contributed by atoms with Crippen LogP contribution in [0, 0.1) is 17.6 Å². The number of amides is 1. The summed E-state index contributed by atoms with van der Waals surface area (Å²) in [7, 11) is 1.79. The first-order valence-corrected chi connectivity index (χ1v) is 10.3. The minimum absolute atomic E-state index is 0.0192. The average Bonchev–Trinajstić information content (AvgIpc) is 2.71. The first kappa shape index (κ1) is 22.9. The fourth-order valence-electron chi connectivity index (χ4n) is 2.97. The topological polar surface area (TPSA) is 84.7 Å². The van der Waals surface area contributed by atoms with Crippen molar-refractivity contribution in [2.45, 2.75) is 17.7 Å². The molecule has 1 saturated heterocycles. The molecule has 29 heavy (non-hydrogen) atoms. The Morgan fingerprint density at radius 3 is 2.62 bits per heavy atom. The highest BCUT2D eigenvalue weighted by atomic mass is 32.2. The van der Waals surface area contributed by atoms with Gasteiger partial charge in [0.25, 0.3) is 0 Å². The Kier molecular flexibility index (Phi) is 8.69. The molecular weight excluding hydrogens is 400 g/mol. The van der Waals surface area contributed by atoms with Crippen LogP contribution in [0.1, 0.15) is 12.8 Å². The van der Waals surface area contributed by atoms with Crippen LogP contribution in [0.3, 0.4) is 0 Å². The summed E-state index contributed by atoms with van der Waals surface area (Å²) in [6.07, 6.45) is 1.96.